The number of amides is 2. The Morgan fingerprint density at radius 1 is 1.12 bits per heavy atom. The van der Waals surface area contributed by atoms with Crippen LogP contribution in [-0.2, 0) is 16.0 Å². The van der Waals surface area contributed by atoms with Crippen LogP contribution in [0.25, 0.3) is 0 Å². The first kappa shape index (κ1) is 23.0. The zero-order valence-corrected chi connectivity index (χ0v) is 19.8. The predicted molar refractivity (Wildman–Crippen MR) is 134 cm³/mol. The van der Waals surface area contributed by atoms with Crippen molar-refractivity contribution >= 4 is 23.2 Å². The van der Waals surface area contributed by atoms with E-state index in [9.17, 15) is 9.59 Å². The highest BCUT2D eigenvalue weighted by molar-refractivity contribution is 7.10. The van der Waals surface area contributed by atoms with Crippen LogP contribution in [0.2, 0.25) is 0 Å². The van der Waals surface area contributed by atoms with Gasteiger partial charge in [-0.15, -0.1) is 17.9 Å². The van der Waals surface area contributed by atoms with Gasteiger partial charge < -0.3 is 9.80 Å². The Labute approximate surface area is 200 Å². The predicted octanol–water partition coefficient (Wildman–Crippen LogP) is 5.43. The number of carbonyl (C=O) groups excluding carboxylic acids is 2. The Kier molecular flexibility index (Phi) is 7.40. The summed E-state index contributed by atoms with van der Waals surface area (Å²) in [6, 6.07) is 22.0. The van der Waals surface area contributed by atoms with Gasteiger partial charge in [0.25, 0.3) is 0 Å². The maximum Gasteiger partial charge on any atom is 0.243 e. The van der Waals surface area contributed by atoms with Gasteiger partial charge in [0.05, 0.1) is 12.0 Å². The second-order valence-electron chi connectivity index (χ2n) is 8.33. The van der Waals surface area contributed by atoms with Crippen LogP contribution >= 0.6 is 11.3 Å². The highest BCUT2D eigenvalue weighted by Crippen LogP contribution is 2.37. The van der Waals surface area contributed by atoms with Crippen LogP contribution in [0.15, 0.2) is 84.8 Å². The van der Waals surface area contributed by atoms with Crippen molar-refractivity contribution in [3.05, 3.63) is 106 Å². The van der Waals surface area contributed by atoms with Crippen molar-refractivity contribution < 1.29 is 9.59 Å². The molecule has 0 aliphatic carbocycles. The molecule has 3 aromatic rings. The second-order valence-corrected chi connectivity index (χ2v) is 9.33. The average Bonchev–Trinajstić information content (AvgIpc) is 3.33. The summed E-state index contributed by atoms with van der Waals surface area (Å²) in [5, 5.41) is 2.10. The molecular weight excluding hydrogens is 428 g/mol. The molecule has 170 valence electrons. The molecule has 0 radical (unpaired) electrons. The topological polar surface area (TPSA) is 40.6 Å². The van der Waals surface area contributed by atoms with Gasteiger partial charge in [-0.05, 0) is 41.0 Å². The van der Waals surface area contributed by atoms with Crippen LogP contribution in [0.3, 0.4) is 0 Å². The first-order chi connectivity index (χ1) is 16.1. The number of hydrogen-bond donors (Lipinski definition) is 0. The molecule has 4 nitrogen and oxygen atoms in total. The third-order valence-electron chi connectivity index (χ3n) is 6.30. The van der Waals surface area contributed by atoms with E-state index in [1.165, 1.54) is 10.4 Å². The van der Waals surface area contributed by atoms with Crippen LogP contribution in [-0.4, -0.2) is 41.2 Å². The molecule has 0 spiro atoms. The number of fused-ring (bicyclic) bond motifs is 1. The molecule has 1 aliphatic heterocycles. The normalized spacial score (nSPS) is 16.0. The molecule has 4 rings (SSSR count). The molecule has 2 aromatic carbocycles. The molecular formula is C28H30N2O2S. The van der Waals surface area contributed by atoms with Gasteiger partial charge >= 0.3 is 0 Å². The largest absolute Gasteiger partial charge is 0.330 e. The number of benzene rings is 2. The molecule has 2 atom stereocenters. The van der Waals surface area contributed by atoms with Gasteiger partial charge in [0.2, 0.25) is 11.8 Å². The Morgan fingerprint density at radius 3 is 2.48 bits per heavy atom. The fourth-order valence-corrected chi connectivity index (χ4v) is 5.58. The van der Waals surface area contributed by atoms with E-state index in [4.69, 9.17) is 0 Å². The molecule has 1 aliphatic rings. The Morgan fingerprint density at radius 2 is 1.82 bits per heavy atom. The van der Waals surface area contributed by atoms with Gasteiger partial charge in [0.1, 0.15) is 6.54 Å². The molecule has 33 heavy (non-hydrogen) atoms. The second kappa shape index (κ2) is 10.6. The van der Waals surface area contributed by atoms with Crippen molar-refractivity contribution in [1.29, 1.82) is 0 Å². The van der Waals surface area contributed by atoms with Crippen molar-refractivity contribution in [1.82, 2.24) is 9.80 Å². The molecule has 0 fully saturated rings. The molecule has 0 saturated heterocycles. The maximum absolute atomic E-state index is 13.7. The van der Waals surface area contributed by atoms with Gasteiger partial charge in [-0.1, -0.05) is 73.7 Å². The van der Waals surface area contributed by atoms with Crippen molar-refractivity contribution in [2.24, 2.45) is 0 Å². The van der Waals surface area contributed by atoms with Gasteiger partial charge in [0.15, 0.2) is 0 Å². The summed E-state index contributed by atoms with van der Waals surface area (Å²) < 4.78 is 0. The average molecular weight is 459 g/mol. The van der Waals surface area contributed by atoms with Gasteiger partial charge in [-0.3, -0.25) is 9.59 Å². The minimum atomic E-state index is -0.270. The lowest BCUT2D eigenvalue weighted by atomic mass is 9.93. The van der Waals surface area contributed by atoms with Gasteiger partial charge in [-0.25, -0.2) is 0 Å². The summed E-state index contributed by atoms with van der Waals surface area (Å²) in [7, 11) is 0. The van der Waals surface area contributed by atoms with Crippen LogP contribution in [0, 0.1) is 0 Å². The van der Waals surface area contributed by atoms with Crippen LogP contribution in [0.1, 0.15) is 46.9 Å². The fourth-order valence-electron chi connectivity index (χ4n) is 4.68. The van der Waals surface area contributed by atoms with Crippen LogP contribution < -0.4 is 0 Å². The number of hydrogen-bond acceptors (Lipinski definition) is 3. The smallest absolute Gasteiger partial charge is 0.243 e. The van der Waals surface area contributed by atoms with Gasteiger partial charge in [0, 0.05) is 18.0 Å². The molecule has 2 amide bonds. The lowest BCUT2D eigenvalue weighted by Crippen LogP contribution is -2.47. The molecule has 0 bridgehead atoms. The number of carbonyl (C=O) groups is 2. The zero-order valence-electron chi connectivity index (χ0n) is 19.0. The summed E-state index contributed by atoms with van der Waals surface area (Å²) in [5.74, 6) is -0.325. The standard InChI is InChI=1S/C28H30N2O2S/c1-3-17-29(28(32)23(4-2)21-11-7-5-8-12-21)20-26(31)30-18-15-25-24(16-19-33-25)27(30)22-13-9-6-10-14-22/h3,5-14,16,19,23,27H,1,4,15,17-18,20H2,2H3. The number of rotatable bonds is 8. The zero-order chi connectivity index (χ0) is 23.2. The van der Waals surface area contributed by atoms with E-state index in [1.54, 1.807) is 22.3 Å². The molecule has 0 saturated carbocycles. The molecule has 1 aromatic heterocycles. The van der Waals surface area contributed by atoms with E-state index < -0.39 is 0 Å². The summed E-state index contributed by atoms with van der Waals surface area (Å²) in [5.41, 5.74) is 3.28. The number of nitrogens with zero attached hydrogens (tertiary/aromatic N) is 2. The molecule has 0 N–H and O–H groups in total. The minimum absolute atomic E-state index is 0.0264. The van der Waals surface area contributed by atoms with E-state index in [2.05, 4.69) is 30.2 Å². The van der Waals surface area contributed by atoms with Crippen molar-refractivity contribution in [3.8, 4) is 0 Å². The van der Waals surface area contributed by atoms with Crippen LogP contribution in [0.5, 0.6) is 0 Å². The quantitative estimate of drug-likeness (QED) is 0.422. The van der Waals surface area contributed by atoms with E-state index in [0.717, 1.165) is 17.5 Å². The first-order valence-electron chi connectivity index (χ1n) is 11.5. The summed E-state index contributed by atoms with van der Waals surface area (Å²) in [4.78, 5) is 32.1. The third kappa shape index (κ3) is 4.93. The monoisotopic (exact) mass is 458 g/mol. The lowest BCUT2D eigenvalue weighted by Gasteiger charge is -2.38. The summed E-state index contributed by atoms with van der Waals surface area (Å²) in [6.07, 6.45) is 3.23. The fraction of sp³-hybridized carbons (Fsp3) is 0.286. The Hall–Kier alpha value is -3.18. The molecule has 5 heteroatoms. The minimum Gasteiger partial charge on any atom is -0.330 e. The number of thiophene rings is 1. The van der Waals surface area contributed by atoms with Crippen molar-refractivity contribution in [3.63, 3.8) is 0 Å². The summed E-state index contributed by atoms with van der Waals surface area (Å²) >= 11 is 1.75. The van der Waals surface area contributed by atoms with Crippen molar-refractivity contribution in [2.45, 2.75) is 31.7 Å². The van der Waals surface area contributed by atoms with E-state index in [-0.39, 0.29) is 30.3 Å². The highest BCUT2D eigenvalue weighted by atomic mass is 32.1. The SMILES string of the molecule is C=CCN(CC(=O)N1CCc2sccc2C1c1ccccc1)C(=O)C(CC)c1ccccc1. The van der Waals surface area contributed by atoms with E-state index in [0.29, 0.717) is 19.5 Å². The van der Waals surface area contributed by atoms with E-state index >= 15 is 0 Å². The third-order valence-corrected chi connectivity index (χ3v) is 7.29. The first-order valence-corrected chi connectivity index (χ1v) is 12.4. The molecule has 2 heterocycles. The highest BCUT2D eigenvalue weighted by Gasteiger charge is 2.34. The Bertz CT molecular complexity index is 1090. The molecule has 2 unspecified atom stereocenters. The van der Waals surface area contributed by atoms with Crippen LogP contribution in [0.4, 0.5) is 0 Å². The van der Waals surface area contributed by atoms with Gasteiger partial charge in [-0.2, -0.15) is 0 Å². The Balaban J connectivity index is 1.59. The van der Waals surface area contributed by atoms with E-state index in [1.807, 2.05) is 60.4 Å². The van der Waals surface area contributed by atoms with Crippen molar-refractivity contribution in [2.75, 3.05) is 19.6 Å². The maximum atomic E-state index is 13.7. The lowest BCUT2D eigenvalue weighted by molar-refractivity contribution is -0.142. The summed E-state index contributed by atoms with van der Waals surface area (Å²) in [6.45, 7) is 6.89.